The normalized spacial score (nSPS) is 15.0. The molecule has 1 aromatic heterocycles. The highest BCUT2D eigenvalue weighted by Gasteiger charge is 2.18. The lowest BCUT2D eigenvalue weighted by molar-refractivity contribution is -0.383. The summed E-state index contributed by atoms with van der Waals surface area (Å²) in [4.78, 5) is 12.5. The summed E-state index contributed by atoms with van der Waals surface area (Å²) >= 11 is 0. The zero-order chi connectivity index (χ0) is 14.1. The Balaban J connectivity index is 1.73. The summed E-state index contributed by atoms with van der Waals surface area (Å²) in [5, 5.41) is 18.7. The number of nitrogens with two attached hydrogens (primary N) is 1. The molecule has 2 heterocycles. The van der Waals surface area contributed by atoms with Crippen LogP contribution in [-0.2, 0) is 19.6 Å². The average molecular weight is 274 g/mol. The molecule has 1 aliphatic heterocycles. The van der Waals surface area contributed by atoms with E-state index in [4.69, 9.17) is 5.73 Å². The van der Waals surface area contributed by atoms with Gasteiger partial charge in [-0.3, -0.25) is 15.0 Å². The minimum atomic E-state index is -0.470. The van der Waals surface area contributed by atoms with Crippen LogP contribution in [0.3, 0.4) is 0 Å². The number of nitrogen functional groups attached to an aromatic ring is 1. The van der Waals surface area contributed by atoms with E-state index in [-0.39, 0.29) is 11.4 Å². The number of nitrogens with zero attached hydrogens (tertiary/aromatic N) is 5. The number of aromatic nitrogens is 3. The van der Waals surface area contributed by atoms with Gasteiger partial charge in [0.1, 0.15) is 17.8 Å². The summed E-state index contributed by atoms with van der Waals surface area (Å²) in [6, 6.07) is 4.86. The molecule has 0 bridgehead atoms. The van der Waals surface area contributed by atoms with Crippen LogP contribution in [0.2, 0.25) is 0 Å². The highest BCUT2D eigenvalue weighted by atomic mass is 16.6. The van der Waals surface area contributed by atoms with Crippen LogP contribution in [0.25, 0.3) is 0 Å². The number of benzene rings is 1. The van der Waals surface area contributed by atoms with Crippen LogP contribution in [0.1, 0.15) is 11.4 Å². The summed E-state index contributed by atoms with van der Waals surface area (Å²) in [5.41, 5.74) is 6.81. The second kappa shape index (κ2) is 4.89. The Hall–Kier alpha value is -2.48. The van der Waals surface area contributed by atoms with Crippen molar-refractivity contribution in [1.82, 2.24) is 19.7 Å². The van der Waals surface area contributed by atoms with Gasteiger partial charge in [0, 0.05) is 25.7 Å². The zero-order valence-electron chi connectivity index (χ0n) is 10.8. The van der Waals surface area contributed by atoms with Gasteiger partial charge in [-0.05, 0) is 11.6 Å². The molecule has 8 nitrogen and oxygen atoms in total. The molecular formula is C12H14N6O2. The first-order valence-electron chi connectivity index (χ1n) is 6.25. The first-order chi connectivity index (χ1) is 9.63. The van der Waals surface area contributed by atoms with E-state index in [2.05, 4.69) is 15.1 Å². The fourth-order valence-corrected chi connectivity index (χ4v) is 2.38. The maximum Gasteiger partial charge on any atom is 0.292 e. The van der Waals surface area contributed by atoms with Crippen molar-refractivity contribution in [3.8, 4) is 0 Å². The quantitative estimate of drug-likeness (QED) is 0.504. The third-order valence-corrected chi connectivity index (χ3v) is 3.41. The first-order valence-corrected chi connectivity index (χ1v) is 6.25. The smallest absolute Gasteiger partial charge is 0.292 e. The fraction of sp³-hybridized carbons (Fsp3) is 0.333. The van der Waals surface area contributed by atoms with E-state index in [1.807, 2.05) is 4.57 Å². The lowest BCUT2D eigenvalue weighted by Crippen LogP contribution is -2.33. The Bertz CT molecular complexity index is 653. The molecule has 0 unspecified atom stereocenters. The zero-order valence-corrected chi connectivity index (χ0v) is 10.8. The number of nitro groups is 1. The molecule has 1 aromatic carbocycles. The molecule has 104 valence electrons. The van der Waals surface area contributed by atoms with Gasteiger partial charge in [0.05, 0.1) is 11.5 Å². The molecular weight excluding hydrogens is 260 g/mol. The van der Waals surface area contributed by atoms with Gasteiger partial charge in [0.2, 0.25) is 0 Å². The SMILES string of the molecule is Nc1cc(CN2CCn3cnnc3C2)ccc1[N+](=O)[O-]. The van der Waals surface area contributed by atoms with Gasteiger partial charge in [0.25, 0.3) is 5.69 Å². The van der Waals surface area contributed by atoms with Crippen LogP contribution in [0.5, 0.6) is 0 Å². The van der Waals surface area contributed by atoms with Crippen molar-refractivity contribution in [3.63, 3.8) is 0 Å². The van der Waals surface area contributed by atoms with Gasteiger partial charge in [-0.1, -0.05) is 6.07 Å². The molecule has 2 aromatic rings. The number of rotatable bonds is 3. The van der Waals surface area contributed by atoms with E-state index in [1.54, 1.807) is 18.5 Å². The molecule has 0 atom stereocenters. The van der Waals surface area contributed by atoms with Gasteiger partial charge < -0.3 is 10.3 Å². The Morgan fingerprint density at radius 2 is 2.25 bits per heavy atom. The lowest BCUT2D eigenvalue weighted by Gasteiger charge is -2.26. The molecule has 0 saturated carbocycles. The van der Waals surface area contributed by atoms with E-state index in [1.165, 1.54) is 6.07 Å². The molecule has 0 spiro atoms. The fourth-order valence-electron chi connectivity index (χ4n) is 2.38. The molecule has 0 saturated heterocycles. The third kappa shape index (κ3) is 2.32. The number of anilines is 1. The van der Waals surface area contributed by atoms with E-state index in [0.29, 0.717) is 6.54 Å². The number of hydrogen-bond acceptors (Lipinski definition) is 6. The first kappa shape index (κ1) is 12.5. The topological polar surface area (TPSA) is 103 Å². The van der Waals surface area contributed by atoms with Crippen LogP contribution >= 0.6 is 0 Å². The standard InChI is InChI=1S/C12H14N6O2/c13-10-5-9(1-2-11(10)18(19)20)6-16-3-4-17-8-14-15-12(17)7-16/h1-2,5,8H,3-4,6-7,13H2. The summed E-state index contributed by atoms with van der Waals surface area (Å²) < 4.78 is 2.03. The average Bonchev–Trinajstić information content (AvgIpc) is 2.85. The molecule has 1 aliphatic rings. The second-order valence-corrected chi connectivity index (χ2v) is 4.80. The van der Waals surface area contributed by atoms with Gasteiger partial charge >= 0.3 is 0 Å². The molecule has 3 rings (SSSR count). The molecule has 0 amide bonds. The second-order valence-electron chi connectivity index (χ2n) is 4.80. The summed E-state index contributed by atoms with van der Waals surface area (Å²) in [6.45, 7) is 3.15. The highest BCUT2D eigenvalue weighted by Crippen LogP contribution is 2.23. The van der Waals surface area contributed by atoms with Gasteiger partial charge in [-0.25, -0.2) is 0 Å². The van der Waals surface area contributed by atoms with E-state index >= 15 is 0 Å². The van der Waals surface area contributed by atoms with Crippen LogP contribution in [0, 0.1) is 10.1 Å². The molecule has 0 fully saturated rings. The van der Waals surface area contributed by atoms with Gasteiger partial charge in [0.15, 0.2) is 0 Å². The monoisotopic (exact) mass is 274 g/mol. The molecule has 0 radical (unpaired) electrons. The Morgan fingerprint density at radius 3 is 3.00 bits per heavy atom. The van der Waals surface area contributed by atoms with Crippen molar-refractivity contribution in [2.75, 3.05) is 12.3 Å². The predicted molar refractivity (Wildman–Crippen MR) is 71.6 cm³/mol. The maximum absolute atomic E-state index is 10.7. The van der Waals surface area contributed by atoms with Crippen molar-refractivity contribution in [3.05, 3.63) is 46.0 Å². The molecule has 0 aliphatic carbocycles. The summed E-state index contributed by atoms with van der Waals surface area (Å²) in [7, 11) is 0. The number of nitro benzene ring substituents is 1. The largest absolute Gasteiger partial charge is 0.393 e. The van der Waals surface area contributed by atoms with Crippen molar-refractivity contribution in [2.45, 2.75) is 19.6 Å². The van der Waals surface area contributed by atoms with Crippen molar-refractivity contribution in [2.24, 2.45) is 0 Å². The van der Waals surface area contributed by atoms with E-state index in [0.717, 1.165) is 31.0 Å². The minimum absolute atomic E-state index is 0.0489. The minimum Gasteiger partial charge on any atom is -0.393 e. The predicted octanol–water partition coefficient (Wildman–Crippen LogP) is 0.784. The molecule has 2 N–H and O–H groups in total. The van der Waals surface area contributed by atoms with E-state index < -0.39 is 4.92 Å². The Morgan fingerprint density at radius 1 is 1.40 bits per heavy atom. The summed E-state index contributed by atoms with van der Waals surface area (Å²) in [6.07, 6.45) is 1.73. The highest BCUT2D eigenvalue weighted by molar-refractivity contribution is 5.59. The number of fused-ring (bicyclic) bond motifs is 1. The molecule has 8 heteroatoms. The van der Waals surface area contributed by atoms with Crippen molar-refractivity contribution in [1.29, 1.82) is 0 Å². The van der Waals surface area contributed by atoms with Gasteiger partial charge in [-0.2, -0.15) is 0 Å². The third-order valence-electron chi connectivity index (χ3n) is 3.41. The van der Waals surface area contributed by atoms with Crippen molar-refractivity contribution >= 4 is 11.4 Å². The van der Waals surface area contributed by atoms with Crippen molar-refractivity contribution < 1.29 is 4.92 Å². The Labute approximate surface area is 115 Å². The van der Waals surface area contributed by atoms with Crippen LogP contribution in [0.15, 0.2) is 24.5 Å². The number of hydrogen-bond donors (Lipinski definition) is 1. The summed E-state index contributed by atoms with van der Waals surface area (Å²) in [5.74, 6) is 0.936. The van der Waals surface area contributed by atoms with Crippen LogP contribution < -0.4 is 5.73 Å². The van der Waals surface area contributed by atoms with Crippen LogP contribution in [0.4, 0.5) is 11.4 Å². The lowest BCUT2D eigenvalue weighted by atomic mass is 10.1. The van der Waals surface area contributed by atoms with Gasteiger partial charge in [-0.15, -0.1) is 10.2 Å². The Kier molecular flexibility index (Phi) is 3.07. The van der Waals surface area contributed by atoms with Crippen LogP contribution in [-0.4, -0.2) is 31.1 Å². The van der Waals surface area contributed by atoms with E-state index in [9.17, 15) is 10.1 Å². The maximum atomic E-state index is 10.7. The molecule has 20 heavy (non-hydrogen) atoms.